The zero-order valence-corrected chi connectivity index (χ0v) is 15.1. The number of rotatable bonds is 2. The highest BCUT2D eigenvalue weighted by Gasteiger charge is 2.32. The molecule has 10 heteroatoms. The number of fused-ring (bicyclic) bond motifs is 1. The Labute approximate surface area is 155 Å². The summed E-state index contributed by atoms with van der Waals surface area (Å²) in [7, 11) is 1.71. The SMILES string of the molecule is CN1C[C@@H](OC(=O)N2CCN(c3ccn4ncc(Cl)c4n3)CC2)CC1=O. The van der Waals surface area contributed by atoms with Gasteiger partial charge in [0.25, 0.3) is 0 Å². The van der Waals surface area contributed by atoms with E-state index in [9.17, 15) is 9.59 Å². The van der Waals surface area contributed by atoms with E-state index in [1.54, 1.807) is 27.6 Å². The second-order valence-electron chi connectivity index (χ2n) is 6.50. The second-order valence-corrected chi connectivity index (χ2v) is 6.91. The third-order valence-electron chi connectivity index (χ3n) is 4.75. The average Bonchev–Trinajstić information content (AvgIpc) is 3.17. The number of carbonyl (C=O) groups excluding carboxylic acids is 2. The first-order chi connectivity index (χ1) is 12.5. The van der Waals surface area contributed by atoms with Crippen molar-refractivity contribution in [2.24, 2.45) is 0 Å². The number of likely N-dealkylation sites (N-methyl/N-ethyl adjacent to an activating group) is 1. The summed E-state index contributed by atoms with van der Waals surface area (Å²) in [5, 5.41) is 4.61. The minimum atomic E-state index is -0.361. The highest BCUT2D eigenvalue weighted by atomic mass is 35.5. The Hall–Kier alpha value is -2.55. The van der Waals surface area contributed by atoms with Gasteiger partial charge < -0.3 is 19.4 Å². The quantitative estimate of drug-likeness (QED) is 0.771. The predicted octanol–water partition coefficient (Wildman–Crippen LogP) is 0.872. The van der Waals surface area contributed by atoms with Crippen LogP contribution < -0.4 is 4.90 Å². The number of carbonyl (C=O) groups is 2. The van der Waals surface area contributed by atoms with E-state index in [0.29, 0.717) is 43.4 Å². The van der Waals surface area contributed by atoms with Gasteiger partial charge in [0, 0.05) is 39.4 Å². The van der Waals surface area contributed by atoms with Crippen molar-refractivity contribution < 1.29 is 14.3 Å². The summed E-state index contributed by atoms with van der Waals surface area (Å²) in [5.41, 5.74) is 0.612. The third-order valence-corrected chi connectivity index (χ3v) is 5.01. The maximum Gasteiger partial charge on any atom is 0.410 e. The molecule has 0 radical (unpaired) electrons. The molecule has 0 saturated carbocycles. The number of hydrogen-bond donors (Lipinski definition) is 0. The van der Waals surface area contributed by atoms with Crippen molar-refractivity contribution >= 4 is 35.1 Å². The van der Waals surface area contributed by atoms with Gasteiger partial charge in [-0.2, -0.15) is 5.10 Å². The molecule has 0 bridgehead atoms. The number of nitrogens with zero attached hydrogens (tertiary/aromatic N) is 6. The van der Waals surface area contributed by atoms with Crippen LogP contribution in [0, 0.1) is 0 Å². The number of piperazine rings is 1. The number of halogens is 1. The molecule has 2 fully saturated rings. The molecule has 138 valence electrons. The molecule has 0 spiro atoms. The fourth-order valence-electron chi connectivity index (χ4n) is 3.24. The van der Waals surface area contributed by atoms with E-state index in [0.717, 1.165) is 5.82 Å². The molecule has 2 aliphatic rings. The Kier molecular flexibility index (Phi) is 4.31. The Balaban J connectivity index is 1.35. The number of aromatic nitrogens is 3. The summed E-state index contributed by atoms with van der Waals surface area (Å²) in [5.74, 6) is 0.809. The molecule has 0 aromatic carbocycles. The minimum absolute atomic E-state index is 0.00705. The van der Waals surface area contributed by atoms with E-state index in [1.807, 2.05) is 12.3 Å². The van der Waals surface area contributed by atoms with Crippen molar-refractivity contribution in [3.05, 3.63) is 23.5 Å². The van der Waals surface area contributed by atoms with Crippen LogP contribution in [-0.2, 0) is 9.53 Å². The van der Waals surface area contributed by atoms with Gasteiger partial charge in [0.2, 0.25) is 5.91 Å². The van der Waals surface area contributed by atoms with E-state index < -0.39 is 0 Å². The largest absolute Gasteiger partial charge is 0.444 e. The summed E-state index contributed by atoms with van der Waals surface area (Å²) < 4.78 is 7.08. The van der Waals surface area contributed by atoms with Gasteiger partial charge in [-0.3, -0.25) is 4.79 Å². The van der Waals surface area contributed by atoms with Gasteiger partial charge in [0.1, 0.15) is 16.9 Å². The molecule has 0 aliphatic carbocycles. The predicted molar refractivity (Wildman–Crippen MR) is 94.3 cm³/mol. The van der Waals surface area contributed by atoms with E-state index in [-0.39, 0.29) is 24.5 Å². The third kappa shape index (κ3) is 3.14. The Morgan fingerprint density at radius 3 is 2.77 bits per heavy atom. The second kappa shape index (κ2) is 6.64. The minimum Gasteiger partial charge on any atom is -0.444 e. The molecule has 2 amide bonds. The average molecular weight is 379 g/mol. The molecule has 2 saturated heterocycles. The van der Waals surface area contributed by atoms with Gasteiger partial charge in [0.05, 0.1) is 19.2 Å². The standard InChI is InChI=1S/C16H19ClN6O3/c1-20-10-11(8-14(20)24)26-16(25)22-6-4-21(5-7-22)13-2-3-23-15(19-13)12(17)9-18-23/h2-3,9,11H,4-8,10H2,1H3/t11-/m0/s1. The Bertz CT molecular complexity index is 848. The Morgan fingerprint density at radius 1 is 1.31 bits per heavy atom. The first-order valence-corrected chi connectivity index (χ1v) is 8.83. The van der Waals surface area contributed by atoms with Crippen molar-refractivity contribution in [2.45, 2.75) is 12.5 Å². The van der Waals surface area contributed by atoms with Gasteiger partial charge in [-0.15, -0.1) is 0 Å². The van der Waals surface area contributed by atoms with Crippen molar-refractivity contribution in [3.63, 3.8) is 0 Å². The van der Waals surface area contributed by atoms with Crippen molar-refractivity contribution in [2.75, 3.05) is 44.7 Å². The van der Waals surface area contributed by atoms with Crippen LogP contribution in [0.4, 0.5) is 10.6 Å². The maximum absolute atomic E-state index is 12.3. The van der Waals surface area contributed by atoms with E-state index in [2.05, 4.69) is 15.0 Å². The van der Waals surface area contributed by atoms with E-state index in [4.69, 9.17) is 16.3 Å². The molecule has 0 unspecified atom stereocenters. The molecule has 0 N–H and O–H groups in total. The number of amides is 2. The number of ether oxygens (including phenoxy) is 1. The lowest BCUT2D eigenvalue weighted by Crippen LogP contribution is -2.49. The molecule has 26 heavy (non-hydrogen) atoms. The number of hydrogen-bond acceptors (Lipinski definition) is 6. The van der Waals surface area contributed by atoms with Crippen LogP contribution in [0.3, 0.4) is 0 Å². The molecule has 9 nitrogen and oxygen atoms in total. The van der Waals surface area contributed by atoms with Crippen LogP contribution in [0.5, 0.6) is 0 Å². The van der Waals surface area contributed by atoms with Gasteiger partial charge in [-0.05, 0) is 6.07 Å². The summed E-state index contributed by atoms with van der Waals surface area (Å²) in [4.78, 5) is 33.7. The molecule has 2 aromatic heterocycles. The van der Waals surface area contributed by atoms with E-state index in [1.165, 1.54) is 0 Å². The van der Waals surface area contributed by atoms with Gasteiger partial charge >= 0.3 is 6.09 Å². The van der Waals surface area contributed by atoms with Crippen LogP contribution in [0.25, 0.3) is 5.65 Å². The van der Waals surface area contributed by atoms with Crippen LogP contribution in [-0.4, -0.2) is 82.3 Å². The normalized spacial score (nSPS) is 20.9. The lowest BCUT2D eigenvalue weighted by molar-refractivity contribution is -0.126. The lowest BCUT2D eigenvalue weighted by atomic mass is 10.3. The zero-order chi connectivity index (χ0) is 18.3. The first kappa shape index (κ1) is 16.9. The Morgan fingerprint density at radius 2 is 2.08 bits per heavy atom. The van der Waals surface area contributed by atoms with Gasteiger partial charge in [-0.1, -0.05) is 11.6 Å². The van der Waals surface area contributed by atoms with Crippen LogP contribution in [0.1, 0.15) is 6.42 Å². The molecule has 1 atom stereocenters. The fourth-order valence-corrected chi connectivity index (χ4v) is 3.42. The zero-order valence-electron chi connectivity index (χ0n) is 14.3. The topological polar surface area (TPSA) is 83.3 Å². The maximum atomic E-state index is 12.3. The van der Waals surface area contributed by atoms with Gasteiger partial charge in [-0.25, -0.2) is 14.3 Å². The summed E-state index contributed by atoms with van der Waals surface area (Å²) in [6, 6.07) is 1.88. The molecular weight excluding hydrogens is 360 g/mol. The number of anilines is 1. The van der Waals surface area contributed by atoms with Crippen LogP contribution >= 0.6 is 11.6 Å². The molecule has 4 heterocycles. The molecular formula is C16H19ClN6O3. The fraction of sp³-hybridized carbons (Fsp3) is 0.500. The number of likely N-dealkylation sites (tertiary alicyclic amines) is 1. The summed E-state index contributed by atoms with van der Waals surface area (Å²) in [6.07, 6.45) is 2.93. The van der Waals surface area contributed by atoms with Crippen molar-refractivity contribution in [1.82, 2.24) is 24.4 Å². The monoisotopic (exact) mass is 378 g/mol. The van der Waals surface area contributed by atoms with Gasteiger partial charge in [0.15, 0.2) is 5.65 Å². The van der Waals surface area contributed by atoms with Crippen LogP contribution in [0.15, 0.2) is 18.5 Å². The first-order valence-electron chi connectivity index (χ1n) is 8.45. The highest BCUT2D eigenvalue weighted by molar-refractivity contribution is 6.33. The van der Waals surface area contributed by atoms with E-state index >= 15 is 0 Å². The molecule has 2 aromatic rings. The highest BCUT2D eigenvalue weighted by Crippen LogP contribution is 2.20. The lowest BCUT2D eigenvalue weighted by Gasteiger charge is -2.35. The smallest absolute Gasteiger partial charge is 0.410 e. The van der Waals surface area contributed by atoms with Crippen molar-refractivity contribution in [3.8, 4) is 0 Å². The molecule has 4 rings (SSSR count). The summed E-state index contributed by atoms with van der Waals surface area (Å²) in [6.45, 7) is 2.83. The summed E-state index contributed by atoms with van der Waals surface area (Å²) >= 11 is 6.09. The molecule has 2 aliphatic heterocycles. The van der Waals surface area contributed by atoms with Crippen LogP contribution in [0.2, 0.25) is 5.02 Å². The van der Waals surface area contributed by atoms with Crippen molar-refractivity contribution in [1.29, 1.82) is 0 Å².